The summed E-state index contributed by atoms with van der Waals surface area (Å²) >= 11 is 0. The Bertz CT molecular complexity index is 281. The van der Waals surface area contributed by atoms with Crippen LogP contribution in [0.4, 0.5) is 0 Å². The molecular weight excluding hydrogens is 164 g/mol. The van der Waals surface area contributed by atoms with Gasteiger partial charge in [0.1, 0.15) is 0 Å². The van der Waals surface area contributed by atoms with E-state index in [1.54, 1.807) is 0 Å². The van der Waals surface area contributed by atoms with Gasteiger partial charge in [-0.05, 0) is 19.3 Å². The lowest BCUT2D eigenvalue weighted by molar-refractivity contribution is 0.325. The molecule has 1 aromatic rings. The minimum atomic E-state index is 0.328. The molecule has 0 aromatic carbocycles. The van der Waals surface area contributed by atoms with Crippen molar-refractivity contribution in [3.63, 3.8) is 0 Å². The zero-order valence-corrected chi connectivity index (χ0v) is 7.98. The Kier molecular flexibility index (Phi) is 2.31. The number of nitrogens with zero attached hydrogens (tertiary/aromatic N) is 3. The largest absolute Gasteiger partial charge is 0.327 e. The van der Waals surface area contributed by atoms with Gasteiger partial charge in [0.15, 0.2) is 0 Å². The monoisotopic (exact) mass is 180 g/mol. The van der Waals surface area contributed by atoms with Crippen molar-refractivity contribution in [2.45, 2.75) is 44.7 Å². The Hall–Kier alpha value is -0.900. The van der Waals surface area contributed by atoms with E-state index in [1.165, 1.54) is 12.1 Å². The maximum atomic E-state index is 5.91. The zero-order valence-electron chi connectivity index (χ0n) is 7.98. The van der Waals surface area contributed by atoms with Gasteiger partial charge in [-0.25, -0.2) is 4.68 Å². The third kappa shape index (κ3) is 1.46. The van der Waals surface area contributed by atoms with E-state index in [9.17, 15) is 0 Å². The summed E-state index contributed by atoms with van der Waals surface area (Å²) in [6.07, 6.45) is 5.29. The molecule has 1 heterocycles. The molecule has 1 saturated carbocycles. The Balaban J connectivity index is 2.14. The molecule has 4 heteroatoms. The second kappa shape index (κ2) is 3.46. The zero-order chi connectivity index (χ0) is 9.26. The van der Waals surface area contributed by atoms with Gasteiger partial charge in [0, 0.05) is 18.5 Å². The SMILES string of the molecule is CCCn1nncc1C1CCC1N. The second-order valence-electron chi connectivity index (χ2n) is 3.73. The van der Waals surface area contributed by atoms with Crippen LogP contribution < -0.4 is 5.73 Å². The fraction of sp³-hybridized carbons (Fsp3) is 0.778. The Labute approximate surface area is 78.1 Å². The number of hydrogen-bond acceptors (Lipinski definition) is 3. The predicted molar refractivity (Wildman–Crippen MR) is 50.3 cm³/mol. The molecule has 2 atom stereocenters. The van der Waals surface area contributed by atoms with E-state index in [0.29, 0.717) is 12.0 Å². The van der Waals surface area contributed by atoms with E-state index < -0.39 is 0 Å². The fourth-order valence-corrected chi connectivity index (χ4v) is 1.83. The van der Waals surface area contributed by atoms with Gasteiger partial charge in [-0.15, -0.1) is 5.10 Å². The van der Waals surface area contributed by atoms with Crippen molar-refractivity contribution in [3.8, 4) is 0 Å². The van der Waals surface area contributed by atoms with Crippen LogP contribution in [0.3, 0.4) is 0 Å². The van der Waals surface area contributed by atoms with E-state index >= 15 is 0 Å². The Morgan fingerprint density at radius 3 is 3.00 bits per heavy atom. The van der Waals surface area contributed by atoms with Gasteiger partial charge in [0.25, 0.3) is 0 Å². The van der Waals surface area contributed by atoms with Crippen LogP contribution >= 0.6 is 0 Å². The summed E-state index contributed by atoms with van der Waals surface area (Å²) in [6, 6.07) is 0.328. The number of aryl methyl sites for hydroxylation is 1. The van der Waals surface area contributed by atoms with E-state index in [2.05, 4.69) is 17.2 Å². The van der Waals surface area contributed by atoms with Gasteiger partial charge in [0.05, 0.1) is 11.9 Å². The average molecular weight is 180 g/mol. The fourth-order valence-electron chi connectivity index (χ4n) is 1.83. The quantitative estimate of drug-likeness (QED) is 0.751. The Morgan fingerprint density at radius 1 is 1.62 bits per heavy atom. The van der Waals surface area contributed by atoms with Crippen LogP contribution in [0.2, 0.25) is 0 Å². The lowest BCUT2D eigenvalue weighted by atomic mass is 9.78. The molecule has 1 aromatic heterocycles. The first kappa shape index (κ1) is 8.69. The van der Waals surface area contributed by atoms with Crippen LogP contribution in [0.1, 0.15) is 37.8 Å². The Morgan fingerprint density at radius 2 is 2.46 bits per heavy atom. The standard InChI is InChI=1S/C9H16N4/c1-2-5-13-9(6-11-12-13)7-3-4-8(7)10/h6-8H,2-5,10H2,1H3. The summed E-state index contributed by atoms with van der Waals surface area (Å²) in [4.78, 5) is 0. The molecule has 0 aliphatic heterocycles. The maximum Gasteiger partial charge on any atom is 0.0728 e. The van der Waals surface area contributed by atoms with E-state index in [0.717, 1.165) is 19.4 Å². The summed E-state index contributed by atoms with van der Waals surface area (Å²) in [5, 5.41) is 7.99. The summed E-state index contributed by atoms with van der Waals surface area (Å²) in [6.45, 7) is 3.10. The first-order valence-electron chi connectivity index (χ1n) is 4.97. The van der Waals surface area contributed by atoms with E-state index in [4.69, 9.17) is 5.73 Å². The molecule has 0 bridgehead atoms. The summed E-state index contributed by atoms with van der Waals surface area (Å²) in [7, 11) is 0. The van der Waals surface area contributed by atoms with Crippen molar-refractivity contribution in [1.82, 2.24) is 15.0 Å². The molecule has 1 fully saturated rings. The predicted octanol–water partition coefficient (Wildman–Crippen LogP) is 0.893. The lowest BCUT2D eigenvalue weighted by Gasteiger charge is -2.33. The average Bonchev–Trinajstić information content (AvgIpc) is 2.52. The molecule has 0 saturated heterocycles. The summed E-state index contributed by atoms with van der Waals surface area (Å²) in [5.74, 6) is 0.501. The topological polar surface area (TPSA) is 56.7 Å². The molecule has 72 valence electrons. The molecule has 0 radical (unpaired) electrons. The van der Waals surface area contributed by atoms with Gasteiger partial charge in [-0.2, -0.15) is 0 Å². The van der Waals surface area contributed by atoms with Crippen LogP contribution in [0.25, 0.3) is 0 Å². The maximum absolute atomic E-state index is 5.91. The first-order chi connectivity index (χ1) is 6.33. The normalized spacial score (nSPS) is 27.2. The highest BCUT2D eigenvalue weighted by molar-refractivity contribution is 5.12. The van der Waals surface area contributed by atoms with Crippen molar-refractivity contribution in [3.05, 3.63) is 11.9 Å². The van der Waals surface area contributed by atoms with Crippen molar-refractivity contribution < 1.29 is 0 Å². The second-order valence-corrected chi connectivity index (χ2v) is 3.73. The summed E-state index contributed by atoms with van der Waals surface area (Å²) in [5.41, 5.74) is 7.13. The van der Waals surface area contributed by atoms with Crippen LogP contribution in [0.5, 0.6) is 0 Å². The minimum Gasteiger partial charge on any atom is -0.327 e. The molecule has 2 unspecified atom stereocenters. The lowest BCUT2D eigenvalue weighted by Crippen LogP contribution is -2.38. The third-order valence-electron chi connectivity index (χ3n) is 2.79. The smallest absolute Gasteiger partial charge is 0.0728 e. The van der Waals surface area contributed by atoms with Crippen LogP contribution in [0.15, 0.2) is 6.20 Å². The van der Waals surface area contributed by atoms with Gasteiger partial charge < -0.3 is 5.73 Å². The number of nitrogens with two attached hydrogens (primary N) is 1. The van der Waals surface area contributed by atoms with Gasteiger partial charge in [-0.1, -0.05) is 12.1 Å². The van der Waals surface area contributed by atoms with Crippen molar-refractivity contribution in [1.29, 1.82) is 0 Å². The molecule has 1 aliphatic rings. The molecule has 2 rings (SSSR count). The first-order valence-corrected chi connectivity index (χ1v) is 4.97. The molecule has 0 spiro atoms. The van der Waals surface area contributed by atoms with Crippen LogP contribution in [-0.4, -0.2) is 21.0 Å². The van der Waals surface area contributed by atoms with Crippen molar-refractivity contribution >= 4 is 0 Å². The van der Waals surface area contributed by atoms with Crippen LogP contribution in [-0.2, 0) is 6.54 Å². The molecule has 0 amide bonds. The van der Waals surface area contributed by atoms with Crippen molar-refractivity contribution in [2.24, 2.45) is 5.73 Å². The minimum absolute atomic E-state index is 0.328. The molecule has 13 heavy (non-hydrogen) atoms. The highest BCUT2D eigenvalue weighted by Crippen LogP contribution is 2.34. The van der Waals surface area contributed by atoms with Gasteiger partial charge >= 0.3 is 0 Å². The number of rotatable bonds is 3. The molecule has 1 aliphatic carbocycles. The summed E-state index contributed by atoms with van der Waals surface area (Å²) < 4.78 is 1.99. The number of aromatic nitrogens is 3. The van der Waals surface area contributed by atoms with E-state index in [-0.39, 0.29) is 0 Å². The van der Waals surface area contributed by atoms with E-state index in [1.807, 2.05) is 10.9 Å². The number of hydrogen-bond donors (Lipinski definition) is 1. The molecular formula is C9H16N4. The molecule has 2 N–H and O–H groups in total. The van der Waals surface area contributed by atoms with Crippen molar-refractivity contribution in [2.75, 3.05) is 0 Å². The van der Waals surface area contributed by atoms with Gasteiger partial charge in [0.2, 0.25) is 0 Å². The van der Waals surface area contributed by atoms with Gasteiger partial charge in [-0.3, -0.25) is 0 Å². The highest BCUT2D eigenvalue weighted by atomic mass is 15.4. The third-order valence-corrected chi connectivity index (χ3v) is 2.79. The molecule has 4 nitrogen and oxygen atoms in total. The highest BCUT2D eigenvalue weighted by Gasteiger charge is 2.31. The van der Waals surface area contributed by atoms with Crippen LogP contribution in [0, 0.1) is 0 Å².